The third-order valence-electron chi connectivity index (χ3n) is 2.42. The van der Waals surface area contributed by atoms with Crippen LogP contribution in [0.3, 0.4) is 0 Å². The van der Waals surface area contributed by atoms with Crippen molar-refractivity contribution in [1.82, 2.24) is 0 Å². The first-order valence-corrected chi connectivity index (χ1v) is 6.72. The van der Waals surface area contributed by atoms with Gasteiger partial charge in [0.05, 0.1) is 0 Å². The maximum Gasteiger partial charge on any atom is 0.460 e. The molecule has 0 heterocycles. The molecule has 0 aliphatic heterocycles. The number of carbonyl (C=O) groups excluding carboxylic acids is 2. The molecular weight excluding hydrogens is 412 g/mol. The molecule has 0 aliphatic rings. The van der Waals surface area contributed by atoms with Gasteiger partial charge in [-0.2, -0.15) is 30.7 Å². The molecule has 0 aromatic heterocycles. The Balaban J connectivity index is 2.99. The fraction of sp³-hybridized carbons (Fsp3) is 0.333. The highest BCUT2D eigenvalue weighted by atomic mass is 35.5. The van der Waals surface area contributed by atoms with Crippen LogP contribution in [0.2, 0.25) is 0 Å². The number of esters is 2. The number of hydrogen-bond acceptors (Lipinski definition) is 4. The predicted molar refractivity (Wildman–Crippen MR) is 69.2 cm³/mol. The Labute approximate surface area is 144 Å². The highest BCUT2D eigenvalue weighted by Gasteiger charge is 2.77. The van der Waals surface area contributed by atoms with Gasteiger partial charge < -0.3 is 9.47 Å². The number of alkyl halides is 9. The summed E-state index contributed by atoms with van der Waals surface area (Å²) in [6, 6.07) is 3.35. The molecule has 0 radical (unpaired) electrons. The molecule has 1 rings (SSSR count). The quantitative estimate of drug-likeness (QED) is 0.313. The molecule has 0 unspecified atom stereocenters. The van der Waals surface area contributed by atoms with Crippen molar-refractivity contribution in [1.29, 1.82) is 0 Å². The average molecular weight is 417 g/mol. The number of ether oxygens (including phenoxy) is 2. The zero-order valence-electron chi connectivity index (χ0n) is 11.4. The highest BCUT2D eigenvalue weighted by Crippen LogP contribution is 2.47. The van der Waals surface area contributed by atoms with Crippen molar-refractivity contribution in [3.05, 3.63) is 24.3 Å². The van der Waals surface area contributed by atoms with Crippen LogP contribution in [-0.2, 0) is 9.59 Å². The zero-order valence-corrected chi connectivity index (χ0v) is 12.9. The fourth-order valence-electron chi connectivity index (χ4n) is 1.24. The Kier molecular flexibility index (Phi) is 6.17. The van der Waals surface area contributed by atoms with E-state index in [9.17, 15) is 40.3 Å². The SMILES string of the molecule is O=C(Oc1cccc(OC(=O)C(F)(F)C(F)(F)C(F)(F)F)c1)C(Cl)Cl. The molecule has 0 bridgehead atoms. The van der Waals surface area contributed by atoms with Crippen molar-refractivity contribution in [3.8, 4) is 11.5 Å². The fourth-order valence-corrected chi connectivity index (χ4v) is 1.33. The molecule has 0 fully saturated rings. The first-order valence-electron chi connectivity index (χ1n) is 5.84. The van der Waals surface area contributed by atoms with E-state index in [0.29, 0.717) is 6.07 Å². The van der Waals surface area contributed by atoms with Gasteiger partial charge in [-0.15, -0.1) is 0 Å². The third kappa shape index (κ3) is 4.66. The lowest BCUT2D eigenvalue weighted by Crippen LogP contribution is -2.57. The second-order valence-corrected chi connectivity index (χ2v) is 5.33. The van der Waals surface area contributed by atoms with Crippen LogP contribution in [-0.4, -0.2) is 34.8 Å². The maximum atomic E-state index is 13.1. The zero-order chi connectivity index (χ0) is 19.6. The first-order chi connectivity index (χ1) is 11.2. The van der Waals surface area contributed by atoms with Gasteiger partial charge in [0.2, 0.25) is 4.84 Å². The Hall–Kier alpha value is -1.75. The molecule has 4 nitrogen and oxygen atoms in total. The number of benzene rings is 1. The van der Waals surface area contributed by atoms with Gasteiger partial charge in [0.15, 0.2) is 0 Å². The Morgan fingerprint density at radius 3 is 1.84 bits per heavy atom. The van der Waals surface area contributed by atoms with Gasteiger partial charge in [0.25, 0.3) is 0 Å². The summed E-state index contributed by atoms with van der Waals surface area (Å²) in [4.78, 5) is 20.6. The van der Waals surface area contributed by atoms with Crippen LogP contribution in [0.4, 0.5) is 30.7 Å². The van der Waals surface area contributed by atoms with Crippen LogP contribution in [0.5, 0.6) is 11.5 Å². The first kappa shape index (κ1) is 21.3. The molecule has 1 aromatic rings. The molecule has 0 saturated heterocycles. The molecule has 140 valence electrons. The van der Waals surface area contributed by atoms with Crippen LogP contribution < -0.4 is 9.47 Å². The van der Waals surface area contributed by atoms with E-state index < -0.39 is 46.3 Å². The molecule has 0 atom stereocenters. The van der Waals surface area contributed by atoms with E-state index in [1.807, 2.05) is 0 Å². The lowest BCUT2D eigenvalue weighted by atomic mass is 10.1. The van der Waals surface area contributed by atoms with Gasteiger partial charge in [0.1, 0.15) is 11.5 Å². The monoisotopic (exact) mass is 416 g/mol. The van der Waals surface area contributed by atoms with E-state index in [0.717, 1.165) is 18.2 Å². The minimum atomic E-state index is -6.69. The van der Waals surface area contributed by atoms with Crippen molar-refractivity contribution in [3.63, 3.8) is 0 Å². The van der Waals surface area contributed by atoms with E-state index >= 15 is 0 Å². The lowest BCUT2D eigenvalue weighted by Gasteiger charge is -2.26. The summed E-state index contributed by atoms with van der Waals surface area (Å²) in [5, 5.41) is 0. The average Bonchev–Trinajstić information content (AvgIpc) is 2.45. The molecule has 0 saturated carbocycles. The van der Waals surface area contributed by atoms with Crippen LogP contribution >= 0.6 is 23.2 Å². The number of rotatable bonds is 5. The Bertz CT molecular complexity index is 661. The predicted octanol–water partition coefficient (Wildman–Crippen LogP) is 4.13. The second-order valence-electron chi connectivity index (χ2n) is 4.23. The van der Waals surface area contributed by atoms with E-state index in [1.165, 1.54) is 0 Å². The van der Waals surface area contributed by atoms with Crippen LogP contribution in [0.1, 0.15) is 0 Å². The maximum absolute atomic E-state index is 13.1. The molecule has 1 aromatic carbocycles. The van der Waals surface area contributed by atoms with Crippen LogP contribution in [0.15, 0.2) is 24.3 Å². The summed E-state index contributed by atoms with van der Waals surface area (Å²) < 4.78 is 96.0. The minimum Gasteiger partial charge on any atom is -0.424 e. The molecule has 0 aliphatic carbocycles. The highest BCUT2D eigenvalue weighted by molar-refractivity contribution is 6.53. The summed E-state index contributed by atoms with van der Waals surface area (Å²) in [5.41, 5.74) is 0. The molecule has 13 heteroatoms. The summed E-state index contributed by atoms with van der Waals surface area (Å²) in [6.45, 7) is 0. The summed E-state index contributed by atoms with van der Waals surface area (Å²) in [5.74, 6) is -18.6. The van der Waals surface area contributed by atoms with Crippen molar-refractivity contribution < 1.29 is 49.8 Å². The van der Waals surface area contributed by atoms with E-state index in [4.69, 9.17) is 23.2 Å². The van der Waals surface area contributed by atoms with Gasteiger partial charge >= 0.3 is 30.0 Å². The van der Waals surface area contributed by atoms with Crippen LogP contribution in [0.25, 0.3) is 0 Å². The molecule has 0 amide bonds. The van der Waals surface area contributed by atoms with Crippen molar-refractivity contribution in [2.45, 2.75) is 22.9 Å². The van der Waals surface area contributed by atoms with Gasteiger partial charge in [0, 0.05) is 6.07 Å². The van der Waals surface area contributed by atoms with Crippen molar-refractivity contribution in [2.75, 3.05) is 0 Å². The Morgan fingerprint density at radius 2 is 1.40 bits per heavy atom. The topological polar surface area (TPSA) is 52.6 Å². The normalized spacial score (nSPS) is 12.9. The lowest BCUT2D eigenvalue weighted by molar-refractivity contribution is -0.346. The standard InChI is InChI=1S/C12H5Cl2F7O4/c13-7(14)8(22)24-5-2-1-3-6(4-5)25-9(23)10(15,16)11(17,18)12(19,20)21/h1-4,7H. The van der Waals surface area contributed by atoms with E-state index in [-0.39, 0.29) is 0 Å². The van der Waals surface area contributed by atoms with E-state index in [1.54, 1.807) is 0 Å². The smallest absolute Gasteiger partial charge is 0.424 e. The van der Waals surface area contributed by atoms with Crippen molar-refractivity contribution >= 4 is 35.1 Å². The van der Waals surface area contributed by atoms with Gasteiger partial charge in [-0.05, 0) is 12.1 Å². The minimum absolute atomic E-state index is 0.451. The summed E-state index contributed by atoms with van der Waals surface area (Å²) in [7, 11) is 0. The van der Waals surface area contributed by atoms with Gasteiger partial charge in [-0.1, -0.05) is 29.3 Å². The largest absolute Gasteiger partial charge is 0.460 e. The number of hydrogen-bond donors (Lipinski definition) is 0. The van der Waals surface area contributed by atoms with Crippen molar-refractivity contribution in [2.24, 2.45) is 0 Å². The van der Waals surface area contributed by atoms with Crippen LogP contribution in [0, 0.1) is 0 Å². The number of halogens is 9. The summed E-state index contributed by atoms with van der Waals surface area (Å²) >= 11 is 10.3. The summed E-state index contributed by atoms with van der Waals surface area (Å²) in [6.07, 6.45) is -6.69. The van der Waals surface area contributed by atoms with Gasteiger partial charge in [-0.25, -0.2) is 9.59 Å². The third-order valence-corrected chi connectivity index (χ3v) is 2.78. The van der Waals surface area contributed by atoms with Gasteiger partial charge in [-0.3, -0.25) is 0 Å². The molecular formula is C12H5Cl2F7O4. The molecule has 0 spiro atoms. The Morgan fingerprint density at radius 1 is 0.920 bits per heavy atom. The number of carbonyl (C=O) groups is 2. The second kappa shape index (κ2) is 7.24. The molecule has 25 heavy (non-hydrogen) atoms. The molecule has 0 N–H and O–H groups in total. The van der Waals surface area contributed by atoms with E-state index in [2.05, 4.69) is 9.47 Å².